The first-order valence-corrected chi connectivity index (χ1v) is 11.4. The highest BCUT2D eigenvalue weighted by Crippen LogP contribution is 2.49. The maximum absolute atomic E-state index is 5.93. The number of fused-ring (bicyclic) bond motifs is 4. The molecule has 0 spiro atoms. The van der Waals surface area contributed by atoms with Gasteiger partial charge in [-0.3, -0.25) is 0 Å². The number of hydrogen-bond acceptors (Lipinski definition) is 6. The molecule has 0 saturated heterocycles. The van der Waals surface area contributed by atoms with E-state index in [2.05, 4.69) is 36.5 Å². The van der Waals surface area contributed by atoms with Crippen LogP contribution in [0.5, 0.6) is 23.0 Å². The molecule has 0 saturated carbocycles. The molecule has 4 aliphatic rings. The van der Waals surface area contributed by atoms with E-state index in [9.17, 15) is 0 Å². The number of ether oxygens (including phenoxy) is 4. The zero-order chi connectivity index (χ0) is 19.2. The third kappa shape index (κ3) is 2.86. The maximum Gasteiger partial charge on any atom is 0.179 e. The molecule has 0 atom stereocenters. The summed E-state index contributed by atoms with van der Waals surface area (Å²) in [6.07, 6.45) is 13.9. The summed E-state index contributed by atoms with van der Waals surface area (Å²) in [5.41, 5.74) is 4.95. The molecule has 0 amide bonds. The van der Waals surface area contributed by atoms with Crippen LogP contribution in [-0.4, -0.2) is 26.4 Å². The van der Waals surface area contributed by atoms with Gasteiger partial charge in [0.25, 0.3) is 0 Å². The molecule has 0 aromatic carbocycles. The molecule has 2 aliphatic heterocycles. The summed E-state index contributed by atoms with van der Waals surface area (Å²) in [5.74, 6) is 3.46. The molecule has 2 bridgehead atoms. The van der Waals surface area contributed by atoms with Gasteiger partial charge in [-0.2, -0.15) is 0 Å². The van der Waals surface area contributed by atoms with E-state index < -0.39 is 0 Å². The van der Waals surface area contributed by atoms with Crippen molar-refractivity contribution in [3.05, 3.63) is 68.1 Å². The fourth-order valence-corrected chi connectivity index (χ4v) is 5.95. The quantitative estimate of drug-likeness (QED) is 0.627. The van der Waals surface area contributed by atoms with E-state index in [4.69, 9.17) is 18.9 Å². The van der Waals surface area contributed by atoms with Crippen LogP contribution >= 0.6 is 22.7 Å². The van der Waals surface area contributed by atoms with Crippen LogP contribution in [0.25, 0.3) is 11.1 Å². The fourth-order valence-electron chi connectivity index (χ4n) is 3.97. The van der Waals surface area contributed by atoms with Gasteiger partial charge in [-0.1, -0.05) is 36.5 Å². The van der Waals surface area contributed by atoms with Crippen LogP contribution in [0.4, 0.5) is 0 Å². The monoisotopic (exact) mass is 422 g/mol. The van der Waals surface area contributed by atoms with Crippen molar-refractivity contribution < 1.29 is 18.9 Å². The Balaban J connectivity index is 1.40. The lowest BCUT2D eigenvalue weighted by Gasteiger charge is -2.18. The molecule has 6 heteroatoms. The molecular weight excluding hydrogens is 404 g/mol. The average molecular weight is 423 g/mol. The summed E-state index contributed by atoms with van der Waals surface area (Å²) in [6, 6.07) is 0. The summed E-state index contributed by atoms with van der Waals surface area (Å²) < 4.78 is 23.4. The number of rotatable bonds is 2. The highest BCUT2D eigenvalue weighted by atomic mass is 32.1. The van der Waals surface area contributed by atoms with Gasteiger partial charge in [-0.25, -0.2) is 0 Å². The van der Waals surface area contributed by atoms with Gasteiger partial charge in [0, 0.05) is 10.8 Å². The van der Waals surface area contributed by atoms with E-state index in [1.54, 1.807) is 22.7 Å². The topological polar surface area (TPSA) is 36.9 Å². The van der Waals surface area contributed by atoms with Crippen LogP contribution in [0.1, 0.15) is 16.2 Å². The standard InChI is InChI=1S/C23H18O4S2/c1-3-14-11-15(16(5-1)22-20-18(12-28-22)24-7-9-26-20)4-2-6-17(14)23-21-19(13-29-23)25-8-10-27-21/h1-6,12-13H,7-11H2. The van der Waals surface area contributed by atoms with Crippen molar-refractivity contribution in [2.75, 3.05) is 26.4 Å². The van der Waals surface area contributed by atoms with E-state index in [1.807, 2.05) is 10.8 Å². The first-order chi connectivity index (χ1) is 14.4. The Labute approximate surface area is 176 Å². The third-order valence-corrected chi connectivity index (χ3v) is 7.23. The predicted octanol–water partition coefficient (Wildman–Crippen LogP) is 5.65. The summed E-state index contributed by atoms with van der Waals surface area (Å²) in [7, 11) is 0. The Hall–Kier alpha value is -2.70. The minimum atomic E-state index is 0.597. The van der Waals surface area contributed by atoms with Gasteiger partial charge in [0.05, 0.1) is 9.75 Å². The number of hydrogen-bond donors (Lipinski definition) is 0. The normalized spacial score (nSPS) is 19.4. The van der Waals surface area contributed by atoms with Crippen LogP contribution in [0.3, 0.4) is 0 Å². The molecular formula is C23H18O4S2. The van der Waals surface area contributed by atoms with Gasteiger partial charge in [0.1, 0.15) is 26.4 Å². The molecule has 2 aromatic heterocycles. The lowest BCUT2D eigenvalue weighted by atomic mass is 9.96. The van der Waals surface area contributed by atoms with Crippen LogP contribution in [0.2, 0.25) is 0 Å². The van der Waals surface area contributed by atoms with Gasteiger partial charge in [0.15, 0.2) is 23.0 Å². The van der Waals surface area contributed by atoms with E-state index >= 15 is 0 Å². The van der Waals surface area contributed by atoms with Gasteiger partial charge in [-0.15, -0.1) is 22.7 Å². The van der Waals surface area contributed by atoms with Crippen molar-refractivity contribution in [3.63, 3.8) is 0 Å². The second kappa shape index (κ2) is 6.97. The highest BCUT2D eigenvalue weighted by Gasteiger charge is 2.26. The Bertz CT molecular complexity index is 1140. The molecule has 4 heterocycles. The zero-order valence-electron chi connectivity index (χ0n) is 15.6. The second-order valence-corrected chi connectivity index (χ2v) is 8.78. The van der Waals surface area contributed by atoms with Crippen molar-refractivity contribution in [2.24, 2.45) is 0 Å². The number of thiophene rings is 2. The summed E-state index contributed by atoms with van der Waals surface area (Å²) >= 11 is 3.36. The van der Waals surface area contributed by atoms with Crippen molar-refractivity contribution in [3.8, 4) is 23.0 Å². The van der Waals surface area contributed by atoms with Crippen LogP contribution in [0, 0.1) is 0 Å². The van der Waals surface area contributed by atoms with Gasteiger partial charge >= 0.3 is 0 Å². The predicted molar refractivity (Wildman–Crippen MR) is 116 cm³/mol. The first-order valence-electron chi connectivity index (χ1n) is 9.62. The van der Waals surface area contributed by atoms with E-state index in [1.165, 1.54) is 22.3 Å². The fraction of sp³-hybridized carbons (Fsp3) is 0.217. The zero-order valence-corrected chi connectivity index (χ0v) is 17.2. The molecule has 6 rings (SSSR count). The average Bonchev–Trinajstić information content (AvgIpc) is 3.25. The third-order valence-electron chi connectivity index (χ3n) is 5.28. The Morgan fingerprint density at radius 3 is 2.14 bits per heavy atom. The second-order valence-electron chi connectivity index (χ2n) is 7.02. The molecule has 0 unspecified atom stereocenters. The molecule has 2 aromatic rings. The van der Waals surface area contributed by atoms with Crippen LogP contribution in [-0.2, 0) is 0 Å². The van der Waals surface area contributed by atoms with Crippen molar-refractivity contribution in [2.45, 2.75) is 6.42 Å². The summed E-state index contributed by atoms with van der Waals surface area (Å²) in [6.45, 7) is 2.42. The molecule has 29 heavy (non-hydrogen) atoms. The van der Waals surface area contributed by atoms with Crippen LogP contribution < -0.4 is 18.9 Å². The summed E-state index contributed by atoms with van der Waals surface area (Å²) in [5, 5.41) is 4.09. The molecule has 0 radical (unpaired) electrons. The van der Waals surface area contributed by atoms with Crippen molar-refractivity contribution in [1.82, 2.24) is 0 Å². The lowest BCUT2D eigenvalue weighted by molar-refractivity contribution is 0.173. The van der Waals surface area contributed by atoms with Crippen molar-refractivity contribution >= 4 is 33.8 Å². The molecule has 2 aliphatic carbocycles. The Morgan fingerprint density at radius 2 is 1.34 bits per heavy atom. The van der Waals surface area contributed by atoms with Crippen molar-refractivity contribution in [1.29, 1.82) is 0 Å². The number of allylic oxidation sites excluding steroid dienone is 10. The largest absolute Gasteiger partial charge is 0.485 e. The molecule has 0 fully saturated rings. The Morgan fingerprint density at radius 1 is 0.690 bits per heavy atom. The van der Waals surface area contributed by atoms with Gasteiger partial charge in [0.2, 0.25) is 0 Å². The minimum absolute atomic E-state index is 0.597. The Kier molecular flexibility index (Phi) is 4.13. The van der Waals surface area contributed by atoms with Gasteiger partial charge in [-0.05, 0) is 28.7 Å². The first kappa shape index (κ1) is 17.2. The van der Waals surface area contributed by atoms with E-state index in [0.29, 0.717) is 26.4 Å². The SMILES string of the molecule is C1=CC2=C(c3scc4c3OCCO4)C=CC=C(C2)C(c2scc3c2OCCO3)=C1. The molecule has 0 N–H and O–H groups in total. The smallest absolute Gasteiger partial charge is 0.179 e. The van der Waals surface area contributed by atoms with E-state index in [0.717, 1.165) is 39.2 Å². The minimum Gasteiger partial charge on any atom is -0.485 e. The lowest BCUT2D eigenvalue weighted by Crippen LogP contribution is -2.14. The van der Waals surface area contributed by atoms with Crippen LogP contribution in [0.15, 0.2) is 58.4 Å². The molecule has 146 valence electrons. The molecule has 4 nitrogen and oxygen atoms in total. The van der Waals surface area contributed by atoms with Gasteiger partial charge < -0.3 is 18.9 Å². The van der Waals surface area contributed by atoms with E-state index in [-0.39, 0.29) is 0 Å². The highest BCUT2D eigenvalue weighted by molar-refractivity contribution is 7.12. The maximum atomic E-state index is 5.93. The summed E-state index contributed by atoms with van der Waals surface area (Å²) in [4.78, 5) is 2.28.